The molecule has 0 aromatic rings. The van der Waals surface area contributed by atoms with Gasteiger partial charge in [-0.1, -0.05) is 0 Å². The maximum absolute atomic E-state index is 11.5. The molecule has 0 aromatic carbocycles. The van der Waals surface area contributed by atoms with Crippen LogP contribution in [-0.2, 0) is 14.3 Å². The summed E-state index contributed by atoms with van der Waals surface area (Å²) in [6.45, 7) is 2.59. The van der Waals surface area contributed by atoms with Crippen molar-refractivity contribution in [1.82, 2.24) is 4.90 Å². The highest BCUT2D eigenvalue weighted by Gasteiger charge is 2.27. The van der Waals surface area contributed by atoms with E-state index in [4.69, 9.17) is 9.84 Å². The quantitative estimate of drug-likeness (QED) is 0.665. The van der Waals surface area contributed by atoms with E-state index in [-0.39, 0.29) is 19.1 Å². The Morgan fingerprint density at radius 3 is 2.60 bits per heavy atom. The lowest BCUT2D eigenvalue weighted by molar-refractivity contribution is -0.146. The lowest BCUT2D eigenvalue weighted by Crippen LogP contribution is -2.39. The summed E-state index contributed by atoms with van der Waals surface area (Å²) in [6, 6.07) is 0. The first-order chi connectivity index (χ1) is 7.13. The van der Waals surface area contributed by atoms with Gasteiger partial charge in [-0.15, -0.1) is 0 Å². The van der Waals surface area contributed by atoms with Crippen molar-refractivity contribution < 1.29 is 19.4 Å². The Hall–Kier alpha value is -1.10. The van der Waals surface area contributed by atoms with Crippen LogP contribution >= 0.6 is 0 Å². The first kappa shape index (κ1) is 12.0. The SMILES string of the molecule is CCOCC(=O)N(CC(=O)O)CC1CC1. The van der Waals surface area contributed by atoms with Crippen molar-refractivity contribution >= 4 is 11.9 Å². The van der Waals surface area contributed by atoms with E-state index < -0.39 is 5.97 Å². The van der Waals surface area contributed by atoms with Gasteiger partial charge in [0.2, 0.25) is 5.91 Å². The van der Waals surface area contributed by atoms with Crippen LogP contribution in [0.1, 0.15) is 19.8 Å². The zero-order valence-electron chi connectivity index (χ0n) is 8.94. The van der Waals surface area contributed by atoms with Crippen LogP contribution in [0.3, 0.4) is 0 Å². The molecule has 0 radical (unpaired) electrons. The summed E-state index contributed by atoms with van der Waals surface area (Å²) in [5.41, 5.74) is 0. The minimum atomic E-state index is -0.972. The van der Waals surface area contributed by atoms with Crippen molar-refractivity contribution in [1.29, 1.82) is 0 Å². The van der Waals surface area contributed by atoms with E-state index in [0.717, 1.165) is 12.8 Å². The molecule has 1 aliphatic rings. The molecule has 1 amide bonds. The van der Waals surface area contributed by atoms with Crippen molar-refractivity contribution in [2.24, 2.45) is 5.92 Å². The minimum absolute atomic E-state index is 0.0174. The van der Waals surface area contributed by atoms with Gasteiger partial charge >= 0.3 is 5.97 Å². The van der Waals surface area contributed by atoms with Crippen molar-refractivity contribution in [3.05, 3.63) is 0 Å². The monoisotopic (exact) mass is 215 g/mol. The average molecular weight is 215 g/mol. The van der Waals surface area contributed by atoms with E-state index in [0.29, 0.717) is 19.1 Å². The first-order valence-electron chi connectivity index (χ1n) is 5.20. The number of nitrogens with zero attached hydrogens (tertiary/aromatic N) is 1. The summed E-state index contributed by atoms with van der Waals surface area (Å²) in [6.07, 6.45) is 2.19. The van der Waals surface area contributed by atoms with Gasteiger partial charge in [-0.2, -0.15) is 0 Å². The number of carbonyl (C=O) groups is 2. The van der Waals surface area contributed by atoms with Crippen LogP contribution < -0.4 is 0 Å². The topological polar surface area (TPSA) is 66.8 Å². The van der Waals surface area contributed by atoms with Crippen molar-refractivity contribution in [2.75, 3.05) is 26.3 Å². The Balaban J connectivity index is 2.37. The highest BCUT2D eigenvalue weighted by Crippen LogP contribution is 2.29. The molecule has 1 N–H and O–H groups in total. The molecule has 0 saturated heterocycles. The Bertz CT molecular complexity index is 238. The van der Waals surface area contributed by atoms with Crippen LogP contribution in [-0.4, -0.2) is 48.2 Å². The number of rotatable bonds is 7. The molecule has 0 aliphatic heterocycles. The fourth-order valence-electron chi connectivity index (χ4n) is 1.31. The van der Waals surface area contributed by atoms with Crippen molar-refractivity contribution in [3.8, 4) is 0 Å². The van der Waals surface area contributed by atoms with Crippen molar-refractivity contribution in [3.63, 3.8) is 0 Å². The van der Waals surface area contributed by atoms with Crippen LogP contribution in [0.4, 0.5) is 0 Å². The van der Waals surface area contributed by atoms with E-state index >= 15 is 0 Å². The number of carboxylic acid groups (broad SMARTS) is 1. The third-order valence-electron chi connectivity index (χ3n) is 2.28. The molecule has 5 heteroatoms. The second-order valence-corrected chi connectivity index (χ2v) is 3.75. The zero-order chi connectivity index (χ0) is 11.3. The summed E-state index contributed by atoms with van der Waals surface area (Å²) in [7, 11) is 0. The summed E-state index contributed by atoms with van der Waals surface area (Å²) in [4.78, 5) is 23.5. The minimum Gasteiger partial charge on any atom is -0.480 e. The van der Waals surface area contributed by atoms with Crippen LogP contribution in [0.2, 0.25) is 0 Å². The second-order valence-electron chi connectivity index (χ2n) is 3.75. The van der Waals surface area contributed by atoms with Gasteiger partial charge in [0, 0.05) is 13.2 Å². The van der Waals surface area contributed by atoms with E-state index in [1.165, 1.54) is 4.90 Å². The number of ether oxygens (including phenoxy) is 1. The smallest absolute Gasteiger partial charge is 0.323 e. The molecule has 0 bridgehead atoms. The normalized spacial score (nSPS) is 15.0. The molecule has 0 aromatic heterocycles. The van der Waals surface area contributed by atoms with Crippen LogP contribution in [0.15, 0.2) is 0 Å². The predicted octanol–water partition coefficient (Wildman–Crippen LogP) is 0.346. The van der Waals surface area contributed by atoms with E-state index in [1.807, 2.05) is 0 Å². The first-order valence-corrected chi connectivity index (χ1v) is 5.20. The van der Waals surface area contributed by atoms with Crippen molar-refractivity contribution in [2.45, 2.75) is 19.8 Å². The number of carboxylic acids is 1. The molecule has 0 heterocycles. The summed E-state index contributed by atoms with van der Waals surface area (Å²) < 4.78 is 4.98. The Morgan fingerprint density at radius 2 is 2.13 bits per heavy atom. The summed E-state index contributed by atoms with van der Waals surface area (Å²) in [5, 5.41) is 8.66. The Kier molecular flexibility index (Phi) is 4.55. The molecule has 1 saturated carbocycles. The van der Waals surface area contributed by atoms with E-state index in [1.54, 1.807) is 6.92 Å². The molecule has 1 aliphatic carbocycles. The van der Waals surface area contributed by atoms with Gasteiger partial charge in [-0.05, 0) is 25.7 Å². The van der Waals surface area contributed by atoms with Gasteiger partial charge < -0.3 is 14.7 Å². The molecule has 15 heavy (non-hydrogen) atoms. The maximum atomic E-state index is 11.5. The van der Waals surface area contributed by atoms with Crippen LogP contribution in [0, 0.1) is 5.92 Å². The summed E-state index contributed by atoms with van der Waals surface area (Å²) >= 11 is 0. The molecule has 0 spiro atoms. The highest BCUT2D eigenvalue weighted by molar-refractivity contribution is 5.82. The third kappa shape index (κ3) is 4.78. The zero-order valence-corrected chi connectivity index (χ0v) is 8.94. The van der Waals surface area contributed by atoms with Gasteiger partial charge in [-0.25, -0.2) is 0 Å². The number of hydrogen-bond donors (Lipinski definition) is 1. The molecule has 5 nitrogen and oxygen atoms in total. The molecule has 1 rings (SSSR count). The largest absolute Gasteiger partial charge is 0.480 e. The summed E-state index contributed by atoms with van der Waals surface area (Å²) in [5.74, 6) is -0.707. The molecular formula is C10H17NO4. The Labute approximate surface area is 89.0 Å². The number of amides is 1. The Morgan fingerprint density at radius 1 is 1.47 bits per heavy atom. The maximum Gasteiger partial charge on any atom is 0.323 e. The number of carbonyl (C=O) groups excluding carboxylic acids is 1. The standard InChI is InChI=1S/C10H17NO4/c1-2-15-7-9(12)11(6-10(13)14)5-8-3-4-8/h8H,2-7H2,1H3,(H,13,14). The lowest BCUT2D eigenvalue weighted by atomic mass is 10.3. The van der Waals surface area contributed by atoms with Crippen LogP contribution in [0.5, 0.6) is 0 Å². The second kappa shape index (κ2) is 5.70. The van der Waals surface area contributed by atoms with Gasteiger partial charge in [0.05, 0.1) is 0 Å². The van der Waals surface area contributed by atoms with Gasteiger partial charge in [0.1, 0.15) is 13.2 Å². The van der Waals surface area contributed by atoms with Gasteiger partial charge in [0.15, 0.2) is 0 Å². The van der Waals surface area contributed by atoms with Gasteiger partial charge in [0.25, 0.3) is 0 Å². The molecule has 0 atom stereocenters. The average Bonchev–Trinajstić information content (AvgIpc) is 2.96. The lowest BCUT2D eigenvalue weighted by Gasteiger charge is -2.20. The van der Waals surface area contributed by atoms with E-state index in [2.05, 4.69) is 0 Å². The third-order valence-corrected chi connectivity index (χ3v) is 2.28. The van der Waals surface area contributed by atoms with Crippen LogP contribution in [0.25, 0.3) is 0 Å². The molecule has 0 unspecified atom stereocenters. The molecular weight excluding hydrogens is 198 g/mol. The predicted molar refractivity (Wildman–Crippen MR) is 53.4 cm³/mol. The van der Waals surface area contributed by atoms with Gasteiger partial charge in [-0.3, -0.25) is 9.59 Å². The number of aliphatic carboxylic acids is 1. The molecule has 1 fully saturated rings. The highest BCUT2D eigenvalue weighted by atomic mass is 16.5. The molecule has 86 valence electrons. The fourth-order valence-corrected chi connectivity index (χ4v) is 1.31. The fraction of sp³-hybridized carbons (Fsp3) is 0.800. The number of hydrogen-bond acceptors (Lipinski definition) is 3. The van der Waals surface area contributed by atoms with E-state index in [9.17, 15) is 9.59 Å².